The molecule has 0 aromatic carbocycles. The van der Waals surface area contributed by atoms with Crippen molar-refractivity contribution in [3.8, 4) is 6.01 Å². The average molecular weight is 388 g/mol. The maximum Gasteiger partial charge on any atom is 0.318 e. The molecule has 2 aromatic rings. The Labute approximate surface area is 163 Å². The Bertz CT molecular complexity index is 904. The number of fused-ring (bicyclic) bond motifs is 1. The fraction of sp³-hybridized carbons (Fsp3) is 0.474. The lowest BCUT2D eigenvalue weighted by atomic mass is 10.1. The summed E-state index contributed by atoms with van der Waals surface area (Å²) < 4.78 is 5.09. The minimum Gasteiger partial charge on any atom is -0.467 e. The number of nitrogens with zero attached hydrogens (tertiary/aromatic N) is 5. The Balaban J connectivity index is 1.46. The lowest BCUT2D eigenvalue weighted by Gasteiger charge is -2.21. The molecule has 2 aromatic heterocycles. The molecule has 1 amide bonds. The summed E-state index contributed by atoms with van der Waals surface area (Å²) in [6.45, 7) is 6.50. The smallest absolute Gasteiger partial charge is 0.318 e. The number of aryl methyl sites for hydroxylation is 1. The molecule has 4 heterocycles. The van der Waals surface area contributed by atoms with E-state index in [2.05, 4.69) is 19.9 Å². The molecular weight excluding hydrogens is 366 g/mol. The summed E-state index contributed by atoms with van der Waals surface area (Å²) in [6, 6.07) is 2.19. The molecule has 27 heavy (non-hydrogen) atoms. The Morgan fingerprint density at radius 1 is 1.30 bits per heavy atom. The zero-order valence-electron chi connectivity index (χ0n) is 15.7. The van der Waals surface area contributed by atoms with E-state index in [0.29, 0.717) is 30.7 Å². The first-order chi connectivity index (χ1) is 13.0. The van der Waals surface area contributed by atoms with Crippen molar-refractivity contribution in [2.45, 2.75) is 33.4 Å². The molecule has 4 rings (SSSR count). The summed E-state index contributed by atoms with van der Waals surface area (Å²) in [5.74, 6) is 0.920. The highest BCUT2D eigenvalue weighted by atomic mass is 35.5. The Kier molecular flexibility index (Phi) is 4.63. The maximum absolute atomic E-state index is 13.1. The number of amides is 1. The largest absolute Gasteiger partial charge is 0.467 e. The van der Waals surface area contributed by atoms with Gasteiger partial charge in [0.2, 0.25) is 5.91 Å². The third kappa shape index (κ3) is 3.20. The molecule has 0 bridgehead atoms. The molecule has 0 unspecified atom stereocenters. The van der Waals surface area contributed by atoms with E-state index in [1.54, 1.807) is 13.3 Å². The zero-order valence-corrected chi connectivity index (χ0v) is 16.5. The van der Waals surface area contributed by atoms with Gasteiger partial charge in [-0.25, -0.2) is 4.98 Å². The molecule has 8 heteroatoms. The van der Waals surface area contributed by atoms with Crippen LogP contribution in [0, 0.1) is 19.8 Å². The fourth-order valence-electron chi connectivity index (χ4n) is 3.90. The van der Waals surface area contributed by atoms with Crippen molar-refractivity contribution in [2.75, 3.05) is 25.1 Å². The molecule has 2 aliphatic rings. The van der Waals surface area contributed by atoms with Gasteiger partial charge in [-0.15, -0.1) is 0 Å². The third-order valence-corrected chi connectivity index (χ3v) is 5.97. The van der Waals surface area contributed by atoms with Gasteiger partial charge in [-0.05, 0) is 37.5 Å². The van der Waals surface area contributed by atoms with Crippen molar-refractivity contribution >= 4 is 23.3 Å². The van der Waals surface area contributed by atoms with Gasteiger partial charge in [-0.1, -0.05) is 11.6 Å². The summed E-state index contributed by atoms with van der Waals surface area (Å²) in [6.07, 6.45) is 2.48. The molecule has 7 nitrogen and oxygen atoms in total. The van der Waals surface area contributed by atoms with Gasteiger partial charge in [0.25, 0.3) is 0 Å². The second-order valence-electron chi connectivity index (χ2n) is 7.09. The summed E-state index contributed by atoms with van der Waals surface area (Å²) in [4.78, 5) is 30.1. The zero-order chi connectivity index (χ0) is 19.1. The molecule has 0 N–H and O–H groups in total. The number of halogens is 1. The maximum atomic E-state index is 13.1. The van der Waals surface area contributed by atoms with E-state index in [4.69, 9.17) is 16.3 Å². The van der Waals surface area contributed by atoms with Crippen LogP contribution in [0.5, 0.6) is 6.01 Å². The normalized spacial score (nSPS) is 18.7. The summed E-state index contributed by atoms with van der Waals surface area (Å²) in [7, 11) is 1.55. The number of anilines is 1. The highest BCUT2D eigenvalue weighted by Crippen LogP contribution is 2.33. The number of carbonyl (C=O) groups is 1. The second-order valence-corrected chi connectivity index (χ2v) is 7.47. The van der Waals surface area contributed by atoms with Gasteiger partial charge in [-0.2, -0.15) is 4.98 Å². The van der Waals surface area contributed by atoms with Crippen LogP contribution >= 0.6 is 11.6 Å². The summed E-state index contributed by atoms with van der Waals surface area (Å²) >= 11 is 6.33. The van der Waals surface area contributed by atoms with Crippen LogP contribution in [0.1, 0.15) is 28.9 Å². The topological polar surface area (TPSA) is 71.5 Å². The SMILES string of the molecule is COc1nccc(N2CC[C@@H](C(=O)N3Cc4nc(C)c(Cl)c(C)c4C3)C2)n1. The van der Waals surface area contributed by atoms with Crippen molar-refractivity contribution < 1.29 is 9.53 Å². The molecule has 0 saturated carbocycles. The molecule has 1 atom stereocenters. The lowest BCUT2D eigenvalue weighted by Crippen LogP contribution is -2.34. The van der Waals surface area contributed by atoms with E-state index in [-0.39, 0.29) is 11.8 Å². The summed E-state index contributed by atoms with van der Waals surface area (Å²) in [5.41, 5.74) is 3.93. The van der Waals surface area contributed by atoms with Gasteiger partial charge in [-0.3, -0.25) is 9.78 Å². The minimum absolute atomic E-state index is 0.0443. The first-order valence-electron chi connectivity index (χ1n) is 9.03. The number of aromatic nitrogens is 3. The number of hydrogen-bond acceptors (Lipinski definition) is 6. The number of ether oxygens (including phenoxy) is 1. The van der Waals surface area contributed by atoms with Crippen LogP contribution in [0.4, 0.5) is 5.82 Å². The number of hydrogen-bond donors (Lipinski definition) is 0. The average Bonchev–Trinajstić information content (AvgIpc) is 3.33. The molecule has 0 radical (unpaired) electrons. The second kappa shape index (κ2) is 6.96. The molecule has 2 aliphatic heterocycles. The third-order valence-electron chi connectivity index (χ3n) is 5.41. The van der Waals surface area contributed by atoms with Crippen molar-refractivity contribution in [3.63, 3.8) is 0 Å². The Morgan fingerprint density at radius 3 is 2.89 bits per heavy atom. The van der Waals surface area contributed by atoms with Crippen LogP contribution in [-0.4, -0.2) is 46.0 Å². The van der Waals surface area contributed by atoms with Crippen LogP contribution in [0.25, 0.3) is 0 Å². The van der Waals surface area contributed by atoms with Crippen molar-refractivity contribution in [2.24, 2.45) is 5.92 Å². The van der Waals surface area contributed by atoms with Gasteiger partial charge < -0.3 is 14.5 Å². The van der Waals surface area contributed by atoms with Crippen LogP contribution in [-0.2, 0) is 17.9 Å². The fourth-order valence-corrected chi connectivity index (χ4v) is 4.05. The predicted molar refractivity (Wildman–Crippen MR) is 102 cm³/mol. The van der Waals surface area contributed by atoms with Crippen LogP contribution < -0.4 is 9.64 Å². The highest BCUT2D eigenvalue weighted by molar-refractivity contribution is 6.32. The Morgan fingerprint density at radius 2 is 2.11 bits per heavy atom. The molecule has 1 saturated heterocycles. The first-order valence-corrected chi connectivity index (χ1v) is 9.41. The minimum atomic E-state index is -0.0443. The number of carbonyl (C=O) groups excluding carboxylic acids is 1. The molecule has 0 spiro atoms. The van der Waals surface area contributed by atoms with E-state index in [0.717, 1.165) is 41.3 Å². The van der Waals surface area contributed by atoms with Gasteiger partial charge in [0, 0.05) is 25.8 Å². The van der Waals surface area contributed by atoms with Crippen LogP contribution in [0.15, 0.2) is 12.3 Å². The van der Waals surface area contributed by atoms with E-state index >= 15 is 0 Å². The molecule has 0 aliphatic carbocycles. The Hall–Kier alpha value is -2.41. The van der Waals surface area contributed by atoms with Crippen molar-refractivity contribution in [1.82, 2.24) is 19.9 Å². The van der Waals surface area contributed by atoms with E-state index in [9.17, 15) is 4.79 Å². The van der Waals surface area contributed by atoms with Gasteiger partial charge in [0.05, 0.1) is 36.0 Å². The van der Waals surface area contributed by atoms with Crippen LogP contribution in [0.3, 0.4) is 0 Å². The van der Waals surface area contributed by atoms with E-state index in [1.807, 2.05) is 24.8 Å². The molecular formula is C19H22ClN5O2. The predicted octanol–water partition coefficient (Wildman–Crippen LogP) is 2.52. The van der Waals surface area contributed by atoms with Crippen molar-refractivity contribution in [1.29, 1.82) is 0 Å². The van der Waals surface area contributed by atoms with E-state index in [1.165, 1.54) is 0 Å². The van der Waals surface area contributed by atoms with Gasteiger partial charge >= 0.3 is 6.01 Å². The number of methoxy groups -OCH3 is 1. The number of pyridine rings is 1. The van der Waals surface area contributed by atoms with Gasteiger partial charge in [0.15, 0.2) is 0 Å². The monoisotopic (exact) mass is 387 g/mol. The highest BCUT2D eigenvalue weighted by Gasteiger charge is 2.35. The lowest BCUT2D eigenvalue weighted by molar-refractivity contribution is -0.135. The van der Waals surface area contributed by atoms with E-state index < -0.39 is 0 Å². The van der Waals surface area contributed by atoms with Crippen LogP contribution in [0.2, 0.25) is 5.02 Å². The number of rotatable bonds is 3. The summed E-state index contributed by atoms with van der Waals surface area (Å²) in [5, 5.41) is 0.702. The van der Waals surface area contributed by atoms with Crippen molar-refractivity contribution in [3.05, 3.63) is 39.8 Å². The standard InChI is InChI=1S/C19H22ClN5O2/c1-11-14-9-25(10-15(14)22-12(2)17(11)20)18(26)13-5-7-24(8-13)16-4-6-21-19(23-16)27-3/h4,6,13H,5,7-10H2,1-3H3/t13-/m1/s1. The quantitative estimate of drug-likeness (QED) is 0.805. The molecule has 1 fully saturated rings. The first kappa shape index (κ1) is 18.0. The molecule has 142 valence electrons. The van der Waals surface area contributed by atoms with Gasteiger partial charge in [0.1, 0.15) is 5.82 Å².